The van der Waals surface area contributed by atoms with Crippen LogP contribution in [0.15, 0.2) is 16.6 Å². The first-order chi connectivity index (χ1) is 11.4. The largest absolute Gasteiger partial charge is 0.340 e. The Hall–Kier alpha value is -2.09. The molecule has 3 rings (SSSR count). The van der Waals surface area contributed by atoms with Crippen molar-refractivity contribution in [2.24, 2.45) is 4.99 Å². The van der Waals surface area contributed by atoms with Gasteiger partial charge in [-0.05, 0) is 20.9 Å². The molecule has 2 saturated heterocycles. The molecule has 0 radical (unpaired) electrons. The number of fused-ring (bicyclic) bond motifs is 1. The van der Waals surface area contributed by atoms with Gasteiger partial charge in [0.2, 0.25) is 0 Å². The summed E-state index contributed by atoms with van der Waals surface area (Å²) >= 11 is 0. The number of likely N-dealkylation sites (N-methyl/N-ethyl adjacent to an activating group) is 2. The third kappa shape index (κ3) is 2.98. The minimum atomic E-state index is -0.460. The molecule has 3 heterocycles. The Kier molecular flexibility index (Phi) is 4.49. The normalized spacial score (nSPS) is 27.8. The first-order valence-corrected chi connectivity index (χ1v) is 8.37. The van der Waals surface area contributed by atoms with Gasteiger partial charge in [-0.3, -0.25) is 10.1 Å². The molecule has 2 unspecified atom stereocenters. The lowest BCUT2D eigenvalue weighted by Crippen LogP contribution is -2.64. The maximum absolute atomic E-state index is 12.4. The van der Waals surface area contributed by atoms with Crippen LogP contribution in [0.4, 0.5) is 4.79 Å². The van der Waals surface area contributed by atoms with Crippen LogP contribution >= 0.6 is 0 Å². The molecule has 132 valence electrons. The predicted octanol–water partition coefficient (Wildman–Crippen LogP) is -0.252. The number of aliphatic imine (C=N–C) groups is 1. The summed E-state index contributed by atoms with van der Waals surface area (Å²) < 4.78 is 0. The van der Waals surface area contributed by atoms with Gasteiger partial charge in [0.15, 0.2) is 18.2 Å². The van der Waals surface area contributed by atoms with E-state index in [1.165, 1.54) is 10.5 Å². The second-order valence-electron chi connectivity index (χ2n) is 6.92. The van der Waals surface area contributed by atoms with Crippen molar-refractivity contribution in [1.29, 1.82) is 0 Å². The maximum Gasteiger partial charge on any atom is 0.325 e. The van der Waals surface area contributed by atoms with Gasteiger partial charge >= 0.3 is 6.03 Å². The standard InChI is InChI=1S/C16H26N6O2/c1-11(2)5-6-22-12-13(20(4)16(24)18-14(12)23)17-15(22)21-9-7-19(3)8-10-21/h5,12-13H,6-10H2,1-4H3,(H,18,23,24). The van der Waals surface area contributed by atoms with Crippen molar-refractivity contribution in [3.63, 3.8) is 0 Å². The molecule has 1 N–H and O–H groups in total. The first-order valence-electron chi connectivity index (χ1n) is 8.37. The average Bonchev–Trinajstić information content (AvgIpc) is 2.91. The number of urea groups is 1. The van der Waals surface area contributed by atoms with E-state index in [1.54, 1.807) is 7.05 Å². The smallest absolute Gasteiger partial charge is 0.325 e. The highest BCUT2D eigenvalue weighted by molar-refractivity contribution is 6.03. The Bertz CT molecular complexity index is 589. The zero-order chi connectivity index (χ0) is 17.4. The summed E-state index contributed by atoms with van der Waals surface area (Å²) in [6.07, 6.45) is 1.64. The van der Waals surface area contributed by atoms with Crippen molar-refractivity contribution in [2.75, 3.05) is 46.8 Å². The number of nitrogens with zero attached hydrogens (tertiary/aromatic N) is 5. The quantitative estimate of drug-likeness (QED) is 0.705. The number of carbonyl (C=O) groups is 2. The van der Waals surface area contributed by atoms with Gasteiger partial charge in [0.05, 0.1) is 0 Å². The molecule has 0 bridgehead atoms. The molecule has 3 aliphatic heterocycles. The van der Waals surface area contributed by atoms with E-state index < -0.39 is 12.2 Å². The number of piperazine rings is 1. The van der Waals surface area contributed by atoms with Gasteiger partial charge in [-0.2, -0.15) is 0 Å². The molecule has 2 fully saturated rings. The zero-order valence-electron chi connectivity index (χ0n) is 14.8. The Morgan fingerprint density at radius 1 is 1.21 bits per heavy atom. The van der Waals surface area contributed by atoms with E-state index in [4.69, 9.17) is 4.99 Å². The number of imide groups is 1. The molecule has 3 aliphatic rings. The molecule has 0 aromatic heterocycles. The van der Waals surface area contributed by atoms with Crippen molar-refractivity contribution in [2.45, 2.75) is 26.1 Å². The molecular weight excluding hydrogens is 308 g/mol. The summed E-state index contributed by atoms with van der Waals surface area (Å²) in [6.45, 7) is 8.37. The molecule has 0 saturated carbocycles. The topological polar surface area (TPSA) is 71.5 Å². The number of carbonyl (C=O) groups excluding carboxylic acids is 2. The number of amides is 3. The van der Waals surface area contributed by atoms with Crippen LogP contribution < -0.4 is 5.32 Å². The Labute approximate surface area is 142 Å². The highest BCUT2D eigenvalue weighted by Crippen LogP contribution is 2.26. The average molecular weight is 334 g/mol. The lowest BCUT2D eigenvalue weighted by molar-refractivity contribution is -0.127. The third-order valence-electron chi connectivity index (χ3n) is 4.82. The van der Waals surface area contributed by atoms with Crippen molar-refractivity contribution < 1.29 is 9.59 Å². The van der Waals surface area contributed by atoms with E-state index in [9.17, 15) is 9.59 Å². The summed E-state index contributed by atoms with van der Waals surface area (Å²) in [4.78, 5) is 37.2. The van der Waals surface area contributed by atoms with Crippen LogP contribution in [-0.4, -0.2) is 96.5 Å². The van der Waals surface area contributed by atoms with Gasteiger partial charge in [-0.25, -0.2) is 9.79 Å². The van der Waals surface area contributed by atoms with E-state index in [-0.39, 0.29) is 11.9 Å². The minimum absolute atomic E-state index is 0.266. The predicted molar refractivity (Wildman–Crippen MR) is 91.5 cm³/mol. The van der Waals surface area contributed by atoms with Gasteiger partial charge < -0.3 is 19.6 Å². The monoisotopic (exact) mass is 334 g/mol. The Morgan fingerprint density at radius 2 is 1.88 bits per heavy atom. The summed E-state index contributed by atoms with van der Waals surface area (Å²) in [6, 6.07) is -0.843. The third-order valence-corrected chi connectivity index (χ3v) is 4.82. The minimum Gasteiger partial charge on any atom is -0.340 e. The Morgan fingerprint density at radius 3 is 2.50 bits per heavy atom. The molecule has 3 amide bonds. The van der Waals surface area contributed by atoms with E-state index >= 15 is 0 Å². The zero-order valence-corrected chi connectivity index (χ0v) is 14.8. The van der Waals surface area contributed by atoms with Gasteiger partial charge in [0, 0.05) is 39.8 Å². The summed E-state index contributed by atoms with van der Waals surface area (Å²) in [5, 5.41) is 2.43. The van der Waals surface area contributed by atoms with Crippen LogP contribution in [0.3, 0.4) is 0 Å². The molecular formula is C16H26N6O2. The highest BCUT2D eigenvalue weighted by atomic mass is 16.2. The lowest BCUT2D eigenvalue weighted by atomic mass is 10.1. The van der Waals surface area contributed by atoms with Crippen LogP contribution in [0.1, 0.15) is 13.8 Å². The van der Waals surface area contributed by atoms with Crippen LogP contribution in [0.25, 0.3) is 0 Å². The van der Waals surface area contributed by atoms with E-state index in [2.05, 4.69) is 28.2 Å². The number of allylic oxidation sites excluding steroid dienone is 1. The van der Waals surface area contributed by atoms with Gasteiger partial charge in [-0.1, -0.05) is 11.6 Å². The number of hydrogen-bond donors (Lipinski definition) is 1. The number of guanidine groups is 1. The fraction of sp³-hybridized carbons (Fsp3) is 0.688. The van der Waals surface area contributed by atoms with Gasteiger partial charge in [0.25, 0.3) is 5.91 Å². The molecule has 2 atom stereocenters. The SMILES string of the molecule is CC(C)=CCN1C(N2CCN(C)CC2)=NC2C1C(=O)NC(=O)N2C. The molecule has 0 spiro atoms. The molecule has 8 nitrogen and oxygen atoms in total. The van der Waals surface area contributed by atoms with E-state index in [1.807, 2.05) is 18.7 Å². The summed E-state index contributed by atoms with van der Waals surface area (Å²) in [5.74, 6) is 0.561. The maximum atomic E-state index is 12.4. The Balaban J connectivity index is 1.89. The van der Waals surface area contributed by atoms with E-state index in [0.717, 1.165) is 32.1 Å². The highest BCUT2D eigenvalue weighted by Gasteiger charge is 2.49. The first kappa shape index (κ1) is 16.8. The molecule has 8 heteroatoms. The number of rotatable bonds is 2. The summed E-state index contributed by atoms with van der Waals surface area (Å²) in [5.41, 5.74) is 1.19. The van der Waals surface area contributed by atoms with Crippen molar-refractivity contribution in [3.8, 4) is 0 Å². The van der Waals surface area contributed by atoms with Crippen LogP contribution in [0, 0.1) is 0 Å². The molecule has 0 aromatic rings. The van der Waals surface area contributed by atoms with Gasteiger partial charge in [0.1, 0.15) is 0 Å². The fourth-order valence-corrected chi connectivity index (χ4v) is 3.26. The summed E-state index contributed by atoms with van der Waals surface area (Å²) in [7, 11) is 3.80. The number of nitrogens with one attached hydrogen (secondary N) is 1. The second-order valence-corrected chi connectivity index (χ2v) is 6.92. The van der Waals surface area contributed by atoms with Crippen LogP contribution in [0.5, 0.6) is 0 Å². The van der Waals surface area contributed by atoms with Crippen molar-refractivity contribution in [1.82, 2.24) is 24.9 Å². The lowest BCUT2D eigenvalue weighted by Gasteiger charge is -2.39. The number of hydrogen-bond acceptors (Lipinski definition) is 6. The second kappa shape index (κ2) is 6.43. The van der Waals surface area contributed by atoms with Crippen molar-refractivity contribution in [3.05, 3.63) is 11.6 Å². The molecule has 0 aliphatic carbocycles. The van der Waals surface area contributed by atoms with Crippen molar-refractivity contribution >= 4 is 17.9 Å². The molecule has 0 aromatic carbocycles. The van der Waals surface area contributed by atoms with E-state index in [0.29, 0.717) is 6.54 Å². The molecule has 24 heavy (non-hydrogen) atoms. The fourth-order valence-electron chi connectivity index (χ4n) is 3.26. The van der Waals surface area contributed by atoms with Gasteiger partial charge in [-0.15, -0.1) is 0 Å². The van der Waals surface area contributed by atoms with Crippen LogP contribution in [-0.2, 0) is 4.79 Å². The van der Waals surface area contributed by atoms with Crippen LogP contribution in [0.2, 0.25) is 0 Å².